The molecule has 0 bridgehead atoms. The lowest BCUT2D eigenvalue weighted by Crippen LogP contribution is -2.33. The van der Waals surface area contributed by atoms with Crippen LogP contribution in [-0.4, -0.2) is 32.5 Å². The molecule has 0 fully saturated rings. The number of nitrogen functional groups attached to an aromatic ring is 1. The fourth-order valence-corrected chi connectivity index (χ4v) is 2.98. The van der Waals surface area contributed by atoms with Crippen molar-refractivity contribution >= 4 is 23.6 Å². The number of carbonyl (C=O) groups is 1. The summed E-state index contributed by atoms with van der Waals surface area (Å²) in [6.07, 6.45) is 4.59. The summed E-state index contributed by atoms with van der Waals surface area (Å²) in [7, 11) is 0. The van der Waals surface area contributed by atoms with Gasteiger partial charge in [-0.25, -0.2) is 0 Å². The van der Waals surface area contributed by atoms with Crippen molar-refractivity contribution in [3.8, 4) is 0 Å². The zero-order valence-corrected chi connectivity index (χ0v) is 14.2. The number of hydrogen-bond donors (Lipinski definition) is 2. The molecule has 1 rings (SSSR count). The van der Waals surface area contributed by atoms with Crippen molar-refractivity contribution in [3.63, 3.8) is 0 Å². The summed E-state index contributed by atoms with van der Waals surface area (Å²) in [5.41, 5.74) is 5.77. The van der Waals surface area contributed by atoms with E-state index in [1.54, 1.807) is 0 Å². The molecule has 21 heavy (non-hydrogen) atoms. The van der Waals surface area contributed by atoms with Crippen molar-refractivity contribution in [1.29, 1.82) is 0 Å². The number of nitrogens with one attached hydrogen (secondary N) is 1. The third-order valence-corrected chi connectivity index (χ3v) is 4.13. The lowest BCUT2D eigenvalue weighted by molar-refractivity contribution is -0.119. The molecule has 0 spiro atoms. The number of rotatable bonds is 9. The Morgan fingerprint density at radius 1 is 1.33 bits per heavy atom. The van der Waals surface area contributed by atoms with Crippen LogP contribution in [0.1, 0.15) is 59.4 Å². The third kappa shape index (κ3) is 5.95. The lowest BCUT2D eigenvalue weighted by atomic mass is 10.1. The first-order valence-corrected chi connectivity index (χ1v) is 8.56. The summed E-state index contributed by atoms with van der Waals surface area (Å²) in [6.45, 7) is 8.25. The van der Waals surface area contributed by atoms with Crippen LogP contribution in [0.4, 0.5) is 5.95 Å². The van der Waals surface area contributed by atoms with Crippen molar-refractivity contribution in [2.45, 2.75) is 70.6 Å². The quantitative estimate of drug-likeness (QED) is 0.540. The predicted octanol–water partition coefficient (Wildman–Crippen LogP) is 2.62. The number of thioether (sulfide) groups is 1. The highest BCUT2D eigenvalue weighted by Crippen LogP contribution is 2.22. The van der Waals surface area contributed by atoms with Gasteiger partial charge in [0, 0.05) is 12.1 Å². The number of amides is 1. The molecule has 1 amide bonds. The van der Waals surface area contributed by atoms with Crippen molar-refractivity contribution in [2.75, 3.05) is 11.5 Å². The molecule has 1 aromatic heterocycles. The van der Waals surface area contributed by atoms with Gasteiger partial charge in [0.1, 0.15) is 0 Å². The maximum Gasteiger partial charge on any atom is 0.230 e. The Morgan fingerprint density at radius 2 is 2.05 bits per heavy atom. The van der Waals surface area contributed by atoms with Crippen LogP contribution < -0.4 is 11.1 Å². The second kappa shape index (κ2) is 8.92. The van der Waals surface area contributed by atoms with Gasteiger partial charge >= 0.3 is 0 Å². The van der Waals surface area contributed by atoms with Crippen LogP contribution in [-0.2, 0) is 4.79 Å². The van der Waals surface area contributed by atoms with E-state index >= 15 is 0 Å². The van der Waals surface area contributed by atoms with Gasteiger partial charge in [-0.15, -0.1) is 10.2 Å². The number of aromatic nitrogens is 3. The van der Waals surface area contributed by atoms with Crippen LogP contribution in [0.15, 0.2) is 5.16 Å². The minimum atomic E-state index is 0.0286. The lowest BCUT2D eigenvalue weighted by Gasteiger charge is -2.14. The van der Waals surface area contributed by atoms with E-state index in [1.165, 1.54) is 24.6 Å². The molecule has 0 saturated heterocycles. The minimum Gasteiger partial charge on any atom is -0.368 e. The summed E-state index contributed by atoms with van der Waals surface area (Å²) < 4.78 is 1.84. The highest BCUT2D eigenvalue weighted by atomic mass is 32.2. The van der Waals surface area contributed by atoms with Gasteiger partial charge in [0.2, 0.25) is 11.9 Å². The van der Waals surface area contributed by atoms with E-state index in [0.29, 0.717) is 16.9 Å². The van der Waals surface area contributed by atoms with Gasteiger partial charge in [-0.1, -0.05) is 37.9 Å². The van der Waals surface area contributed by atoms with Crippen molar-refractivity contribution < 1.29 is 4.79 Å². The molecule has 0 aliphatic carbocycles. The van der Waals surface area contributed by atoms with E-state index in [1.807, 2.05) is 25.3 Å². The Balaban J connectivity index is 2.39. The smallest absolute Gasteiger partial charge is 0.230 e. The summed E-state index contributed by atoms with van der Waals surface area (Å²) in [4.78, 5) is 11.9. The molecule has 0 saturated carbocycles. The van der Waals surface area contributed by atoms with Crippen molar-refractivity contribution in [3.05, 3.63) is 0 Å². The van der Waals surface area contributed by atoms with Gasteiger partial charge in [-0.05, 0) is 27.2 Å². The Hall–Kier alpha value is -1.24. The number of nitrogens with two attached hydrogens (primary N) is 1. The van der Waals surface area contributed by atoms with Crippen LogP contribution in [0.2, 0.25) is 0 Å². The molecule has 1 unspecified atom stereocenters. The molecule has 1 atom stereocenters. The molecule has 7 heteroatoms. The second-order valence-corrected chi connectivity index (χ2v) is 6.50. The highest BCUT2D eigenvalue weighted by molar-refractivity contribution is 7.99. The molecule has 120 valence electrons. The van der Waals surface area contributed by atoms with Gasteiger partial charge in [-0.2, -0.15) is 0 Å². The Morgan fingerprint density at radius 3 is 2.67 bits per heavy atom. The summed E-state index contributed by atoms with van der Waals surface area (Å²) in [5.74, 6) is 0.755. The van der Waals surface area contributed by atoms with Gasteiger partial charge in [0.25, 0.3) is 0 Å². The van der Waals surface area contributed by atoms with E-state index in [4.69, 9.17) is 5.73 Å². The number of unbranched alkanes of at least 4 members (excludes halogenated alkanes) is 2. The molecule has 6 nitrogen and oxygen atoms in total. The first-order valence-electron chi connectivity index (χ1n) is 7.58. The largest absolute Gasteiger partial charge is 0.368 e. The molecule has 0 aliphatic heterocycles. The fraction of sp³-hybridized carbons (Fsp3) is 0.786. The third-order valence-electron chi connectivity index (χ3n) is 3.19. The van der Waals surface area contributed by atoms with E-state index in [0.717, 1.165) is 12.8 Å². The maximum atomic E-state index is 11.9. The molecular formula is C14H27N5OS. The fourth-order valence-electron chi connectivity index (χ4n) is 2.09. The minimum absolute atomic E-state index is 0.0286. The standard InChI is InChI=1S/C14H27N5OS/c1-5-6-7-8-11(4)16-12(20)9-21-14-18-17-13(15)19(14)10(2)3/h10-11H,5-9H2,1-4H3,(H2,15,17)(H,16,20). The molecule has 1 heterocycles. The number of hydrogen-bond acceptors (Lipinski definition) is 5. The molecule has 0 aliphatic rings. The van der Waals surface area contributed by atoms with Gasteiger partial charge in [0.15, 0.2) is 5.16 Å². The zero-order valence-electron chi connectivity index (χ0n) is 13.4. The van der Waals surface area contributed by atoms with Gasteiger partial charge < -0.3 is 11.1 Å². The van der Waals surface area contributed by atoms with Crippen LogP contribution in [0, 0.1) is 0 Å². The second-order valence-electron chi connectivity index (χ2n) is 5.56. The Bertz CT molecular complexity index is 447. The van der Waals surface area contributed by atoms with Crippen molar-refractivity contribution in [1.82, 2.24) is 20.1 Å². The van der Waals surface area contributed by atoms with Gasteiger partial charge in [0.05, 0.1) is 5.75 Å². The van der Waals surface area contributed by atoms with Crippen molar-refractivity contribution in [2.24, 2.45) is 0 Å². The molecule has 1 aromatic rings. The van der Waals surface area contributed by atoms with Gasteiger partial charge in [-0.3, -0.25) is 9.36 Å². The van der Waals surface area contributed by atoms with E-state index in [9.17, 15) is 4.79 Å². The molecule has 0 aromatic carbocycles. The highest BCUT2D eigenvalue weighted by Gasteiger charge is 2.15. The molecular weight excluding hydrogens is 286 g/mol. The maximum absolute atomic E-state index is 11.9. The van der Waals surface area contributed by atoms with Crippen LogP contribution in [0.3, 0.4) is 0 Å². The normalized spacial score (nSPS) is 12.6. The van der Waals surface area contributed by atoms with E-state index in [-0.39, 0.29) is 18.0 Å². The summed E-state index contributed by atoms with van der Waals surface area (Å²) in [6, 6.07) is 0.399. The van der Waals surface area contributed by atoms with Crippen LogP contribution in [0.5, 0.6) is 0 Å². The Kier molecular flexibility index (Phi) is 7.56. The van der Waals surface area contributed by atoms with E-state index < -0.39 is 0 Å². The first kappa shape index (κ1) is 17.8. The number of nitrogens with zero attached hydrogens (tertiary/aromatic N) is 3. The molecule has 0 radical (unpaired) electrons. The number of carbonyl (C=O) groups excluding carboxylic acids is 1. The SMILES string of the molecule is CCCCCC(C)NC(=O)CSc1nnc(N)n1C(C)C. The average molecular weight is 313 g/mol. The topological polar surface area (TPSA) is 85.8 Å². The zero-order chi connectivity index (χ0) is 15.8. The van der Waals surface area contributed by atoms with Crippen LogP contribution >= 0.6 is 11.8 Å². The summed E-state index contributed by atoms with van der Waals surface area (Å²) >= 11 is 1.37. The molecule has 3 N–H and O–H groups in total. The predicted molar refractivity (Wildman–Crippen MR) is 87.3 cm³/mol. The van der Waals surface area contributed by atoms with E-state index in [2.05, 4.69) is 22.4 Å². The first-order chi connectivity index (χ1) is 9.95. The summed E-state index contributed by atoms with van der Waals surface area (Å²) in [5, 5.41) is 11.6. The monoisotopic (exact) mass is 313 g/mol. The Labute approximate surface area is 131 Å². The average Bonchev–Trinajstić information content (AvgIpc) is 2.78. The van der Waals surface area contributed by atoms with Crippen LogP contribution in [0.25, 0.3) is 0 Å². The number of anilines is 1.